The van der Waals surface area contributed by atoms with Gasteiger partial charge in [0.25, 0.3) is 5.91 Å². The molecule has 0 fully saturated rings. The number of amides is 1. The summed E-state index contributed by atoms with van der Waals surface area (Å²) < 4.78 is 0. The van der Waals surface area contributed by atoms with E-state index in [9.17, 15) is 4.79 Å². The Kier molecular flexibility index (Phi) is 4.15. The summed E-state index contributed by atoms with van der Waals surface area (Å²) in [6, 6.07) is 15.2. The summed E-state index contributed by atoms with van der Waals surface area (Å²) in [4.78, 5) is 12.0. The lowest BCUT2D eigenvalue weighted by Crippen LogP contribution is -2.23. The Balaban J connectivity index is 2.02. The number of anilines is 1. The molecule has 19 heavy (non-hydrogen) atoms. The maximum Gasteiger partial charge on any atom is 0.251 e. The minimum atomic E-state index is -0.0875. The molecule has 4 N–H and O–H groups in total. The van der Waals surface area contributed by atoms with E-state index in [4.69, 9.17) is 5.84 Å². The molecule has 2 aromatic rings. The highest BCUT2D eigenvalue weighted by atomic mass is 16.1. The molecule has 2 rings (SSSR count). The number of nitrogens with two attached hydrogens (primary N) is 1. The summed E-state index contributed by atoms with van der Waals surface area (Å²) in [5.41, 5.74) is 6.05. The van der Waals surface area contributed by atoms with Crippen LogP contribution in [0.1, 0.15) is 21.5 Å². The lowest BCUT2D eigenvalue weighted by molar-refractivity contribution is 0.0951. The third-order valence-electron chi connectivity index (χ3n) is 2.94. The van der Waals surface area contributed by atoms with Gasteiger partial charge in [0.1, 0.15) is 0 Å². The molecule has 0 bridgehead atoms. The Morgan fingerprint density at radius 2 is 1.89 bits per heavy atom. The minimum absolute atomic E-state index is 0.0875. The maximum absolute atomic E-state index is 12.0. The highest BCUT2D eigenvalue weighted by Gasteiger charge is 2.07. The number of hydrogen-bond acceptors (Lipinski definition) is 3. The zero-order chi connectivity index (χ0) is 13.7. The summed E-state index contributed by atoms with van der Waals surface area (Å²) in [6.07, 6.45) is 0. The first-order chi connectivity index (χ1) is 9.20. The van der Waals surface area contributed by atoms with E-state index in [0.717, 1.165) is 16.8 Å². The van der Waals surface area contributed by atoms with Crippen LogP contribution in [0.15, 0.2) is 48.5 Å². The molecule has 98 valence electrons. The van der Waals surface area contributed by atoms with Crippen molar-refractivity contribution in [3.05, 3.63) is 65.2 Å². The van der Waals surface area contributed by atoms with Crippen LogP contribution < -0.4 is 16.6 Å². The van der Waals surface area contributed by atoms with Crippen molar-refractivity contribution >= 4 is 11.6 Å². The smallest absolute Gasteiger partial charge is 0.251 e. The first-order valence-corrected chi connectivity index (χ1v) is 6.10. The molecule has 4 heteroatoms. The number of hydrazine groups is 1. The van der Waals surface area contributed by atoms with Crippen LogP contribution in [0.5, 0.6) is 0 Å². The Bertz CT molecular complexity index is 567. The fourth-order valence-corrected chi connectivity index (χ4v) is 1.85. The Morgan fingerprint density at radius 1 is 1.16 bits per heavy atom. The Morgan fingerprint density at radius 3 is 2.53 bits per heavy atom. The zero-order valence-corrected chi connectivity index (χ0v) is 10.8. The molecule has 0 unspecified atom stereocenters. The van der Waals surface area contributed by atoms with Crippen molar-refractivity contribution in [2.45, 2.75) is 13.5 Å². The van der Waals surface area contributed by atoms with Gasteiger partial charge >= 0.3 is 0 Å². The van der Waals surface area contributed by atoms with Crippen LogP contribution >= 0.6 is 0 Å². The predicted molar refractivity (Wildman–Crippen MR) is 76.6 cm³/mol. The van der Waals surface area contributed by atoms with Crippen molar-refractivity contribution in [2.24, 2.45) is 5.84 Å². The van der Waals surface area contributed by atoms with Crippen molar-refractivity contribution in [2.75, 3.05) is 5.43 Å². The Labute approximate surface area is 112 Å². The van der Waals surface area contributed by atoms with E-state index in [1.165, 1.54) is 0 Å². The lowest BCUT2D eigenvalue weighted by Gasteiger charge is -2.08. The molecule has 0 saturated heterocycles. The van der Waals surface area contributed by atoms with Crippen LogP contribution in [0, 0.1) is 6.92 Å². The molecule has 2 aromatic carbocycles. The van der Waals surface area contributed by atoms with Gasteiger partial charge in [0, 0.05) is 12.1 Å². The SMILES string of the molecule is Cc1cc(C(=O)NCc2ccccc2)ccc1NN. The molecule has 0 radical (unpaired) electrons. The van der Waals surface area contributed by atoms with Gasteiger partial charge < -0.3 is 10.7 Å². The van der Waals surface area contributed by atoms with Crippen LogP contribution in [-0.2, 0) is 6.54 Å². The molecule has 4 nitrogen and oxygen atoms in total. The van der Waals surface area contributed by atoms with Gasteiger partial charge in [-0.15, -0.1) is 0 Å². The van der Waals surface area contributed by atoms with Crippen LogP contribution in [-0.4, -0.2) is 5.91 Å². The second kappa shape index (κ2) is 6.02. The van der Waals surface area contributed by atoms with Gasteiger partial charge in [0.05, 0.1) is 5.69 Å². The van der Waals surface area contributed by atoms with Crippen molar-refractivity contribution in [1.29, 1.82) is 0 Å². The second-order valence-corrected chi connectivity index (χ2v) is 4.34. The van der Waals surface area contributed by atoms with Gasteiger partial charge in [0.15, 0.2) is 0 Å². The van der Waals surface area contributed by atoms with Gasteiger partial charge in [-0.3, -0.25) is 10.6 Å². The van der Waals surface area contributed by atoms with Crippen LogP contribution in [0.25, 0.3) is 0 Å². The molecule has 0 saturated carbocycles. The van der Waals surface area contributed by atoms with E-state index in [1.54, 1.807) is 12.1 Å². The third kappa shape index (κ3) is 3.33. The quantitative estimate of drug-likeness (QED) is 0.579. The number of aryl methyl sites for hydroxylation is 1. The molecule has 0 aliphatic carbocycles. The molecular weight excluding hydrogens is 238 g/mol. The van der Waals surface area contributed by atoms with Crippen molar-refractivity contribution < 1.29 is 4.79 Å². The van der Waals surface area contributed by atoms with Crippen molar-refractivity contribution in [3.8, 4) is 0 Å². The molecule has 1 amide bonds. The lowest BCUT2D eigenvalue weighted by atomic mass is 10.1. The van der Waals surface area contributed by atoms with E-state index >= 15 is 0 Å². The normalized spacial score (nSPS) is 10.0. The summed E-state index contributed by atoms with van der Waals surface area (Å²) >= 11 is 0. The van der Waals surface area contributed by atoms with E-state index in [2.05, 4.69) is 10.7 Å². The summed E-state index contributed by atoms with van der Waals surface area (Å²) in [6.45, 7) is 2.43. The molecule has 0 aliphatic rings. The van der Waals surface area contributed by atoms with Gasteiger partial charge in [-0.1, -0.05) is 30.3 Å². The second-order valence-electron chi connectivity index (χ2n) is 4.34. The van der Waals surface area contributed by atoms with E-state index < -0.39 is 0 Å². The summed E-state index contributed by atoms with van der Waals surface area (Å²) in [5.74, 6) is 5.27. The molecule has 0 heterocycles. The zero-order valence-electron chi connectivity index (χ0n) is 10.8. The molecule has 0 aliphatic heterocycles. The van der Waals surface area contributed by atoms with Gasteiger partial charge in [-0.05, 0) is 36.2 Å². The largest absolute Gasteiger partial charge is 0.348 e. The highest BCUT2D eigenvalue weighted by molar-refractivity contribution is 5.94. The van der Waals surface area contributed by atoms with Crippen molar-refractivity contribution in [3.63, 3.8) is 0 Å². The van der Waals surface area contributed by atoms with Crippen LogP contribution in [0.4, 0.5) is 5.69 Å². The number of nitrogen functional groups attached to an aromatic ring is 1. The average molecular weight is 255 g/mol. The molecule has 0 atom stereocenters. The van der Waals surface area contributed by atoms with Crippen LogP contribution in [0.3, 0.4) is 0 Å². The van der Waals surface area contributed by atoms with Gasteiger partial charge in [-0.2, -0.15) is 0 Å². The maximum atomic E-state index is 12.0. The number of hydrogen-bond donors (Lipinski definition) is 3. The standard InChI is InChI=1S/C15H17N3O/c1-11-9-13(7-8-14(11)18-16)15(19)17-10-12-5-3-2-4-6-12/h2-9,18H,10,16H2,1H3,(H,17,19). The topological polar surface area (TPSA) is 67.2 Å². The fraction of sp³-hybridized carbons (Fsp3) is 0.133. The molecule has 0 aromatic heterocycles. The average Bonchev–Trinajstić information content (AvgIpc) is 2.45. The van der Waals surface area contributed by atoms with E-state index in [1.807, 2.05) is 43.3 Å². The Hall–Kier alpha value is -2.33. The number of benzene rings is 2. The number of nitrogens with one attached hydrogen (secondary N) is 2. The number of carbonyl (C=O) groups excluding carboxylic acids is 1. The van der Waals surface area contributed by atoms with Gasteiger partial charge in [-0.25, -0.2) is 0 Å². The highest BCUT2D eigenvalue weighted by Crippen LogP contribution is 2.15. The van der Waals surface area contributed by atoms with E-state index in [-0.39, 0.29) is 5.91 Å². The fourth-order valence-electron chi connectivity index (χ4n) is 1.85. The third-order valence-corrected chi connectivity index (χ3v) is 2.94. The molecular formula is C15H17N3O. The monoisotopic (exact) mass is 255 g/mol. The summed E-state index contributed by atoms with van der Waals surface area (Å²) in [7, 11) is 0. The number of rotatable bonds is 4. The van der Waals surface area contributed by atoms with Gasteiger partial charge in [0.2, 0.25) is 0 Å². The first-order valence-electron chi connectivity index (χ1n) is 6.10. The van der Waals surface area contributed by atoms with Crippen molar-refractivity contribution in [1.82, 2.24) is 5.32 Å². The predicted octanol–water partition coefficient (Wildman–Crippen LogP) is 2.21. The molecule has 0 spiro atoms. The van der Waals surface area contributed by atoms with Crippen LogP contribution in [0.2, 0.25) is 0 Å². The number of carbonyl (C=O) groups is 1. The summed E-state index contributed by atoms with van der Waals surface area (Å²) in [5, 5.41) is 2.89. The minimum Gasteiger partial charge on any atom is -0.348 e. The van der Waals surface area contributed by atoms with E-state index in [0.29, 0.717) is 12.1 Å². The first kappa shape index (κ1) is 13.1.